The molecule has 0 saturated carbocycles. The highest BCUT2D eigenvalue weighted by Crippen LogP contribution is 2.20. The lowest BCUT2D eigenvalue weighted by molar-refractivity contribution is -0.255. The summed E-state index contributed by atoms with van der Waals surface area (Å²) in [7, 11) is 0. The zero-order valence-corrected chi connectivity index (χ0v) is 15.2. The maximum Gasteiger partial charge on any atom is 0.329 e. The second-order valence-electron chi connectivity index (χ2n) is 6.51. The Morgan fingerprint density at radius 2 is 1.79 bits per heavy atom. The summed E-state index contributed by atoms with van der Waals surface area (Å²) in [5, 5.41) is 13.7. The first kappa shape index (κ1) is 18.2. The third kappa shape index (κ3) is 3.66. The van der Waals surface area contributed by atoms with E-state index in [1.165, 1.54) is 12.1 Å². The van der Waals surface area contributed by atoms with Gasteiger partial charge in [0.2, 0.25) is 0 Å². The number of hydrogen-bond donors (Lipinski definition) is 1. The molecule has 7 nitrogen and oxygen atoms in total. The van der Waals surface area contributed by atoms with Gasteiger partial charge in [-0.1, -0.05) is 42.5 Å². The van der Waals surface area contributed by atoms with E-state index in [1.54, 1.807) is 41.1 Å². The number of carboxylic acid groups (broad SMARTS) is 1. The van der Waals surface area contributed by atoms with Gasteiger partial charge >= 0.3 is 6.03 Å². The van der Waals surface area contributed by atoms with Crippen LogP contribution in [0.3, 0.4) is 0 Å². The molecule has 3 aromatic rings. The SMILES string of the molecule is O=C([O-])c1cccc(-n2cccc2/C=C2\NC(=O)N(Cc3ccccc3)C2=O)c1. The molecule has 1 aliphatic heterocycles. The minimum absolute atomic E-state index is 0.0501. The van der Waals surface area contributed by atoms with Crippen LogP contribution in [0, 0.1) is 0 Å². The number of aromatic carboxylic acids is 1. The lowest BCUT2D eigenvalue weighted by atomic mass is 10.2. The van der Waals surface area contributed by atoms with E-state index in [0.717, 1.165) is 10.5 Å². The molecule has 4 rings (SSSR count). The van der Waals surface area contributed by atoms with Crippen LogP contribution in [-0.4, -0.2) is 27.4 Å². The predicted octanol–water partition coefficient (Wildman–Crippen LogP) is 1.93. The molecule has 1 aromatic heterocycles. The molecule has 1 saturated heterocycles. The van der Waals surface area contributed by atoms with E-state index in [9.17, 15) is 19.5 Å². The Morgan fingerprint density at radius 1 is 1.00 bits per heavy atom. The molecule has 1 fully saturated rings. The zero-order chi connectivity index (χ0) is 20.4. The van der Waals surface area contributed by atoms with Gasteiger partial charge in [-0.25, -0.2) is 4.79 Å². The van der Waals surface area contributed by atoms with Crippen molar-refractivity contribution < 1.29 is 19.5 Å². The van der Waals surface area contributed by atoms with Gasteiger partial charge in [0.15, 0.2) is 0 Å². The first-order chi connectivity index (χ1) is 14.0. The number of carboxylic acids is 1. The van der Waals surface area contributed by atoms with E-state index in [-0.39, 0.29) is 17.8 Å². The molecule has 29 heavy (non-hydrogen) atoms. The third-order valence-electron chi connectivity index (χ3n) is 4.58. The van der Waals surface area contributed by atoms with Crippen molar-refractivity contribution in [3.8, 4) is 5.69 Å². The fourth-order valence-corrected chi connectivity index (χ4v) is 3.16. The molecular formula is C22H16N3O4-. The average molecular weight is 386 g/mol. The number of nitrogens with zero attached hydrogens (tertiary/aromatic N) is 2. The van der Waals surface area contributed by atoms with Crippen molar-refractivity contribution in [1.82, 2.24) is 14.8 Å². The standard InChI is InChI=1S/C22H17N3O4/c26-20-19(23-22(29)25(20)14-15-6-2-1-3-7-15)13-18-10-5-11-24(18)17-9-4-8-16(12-17)21(27)28/h1-13H,14H2,(H,23,29)(H,27,28)/p-1/b19-13-. The molecule has 1 N–H and O–H groups in total. The van der Waals surface area contributed by atoms with Gasteiger partial charge in [-0.15, -0.1) is 0 Å². The summed E-state index contributed by atoms with van der Waals surface area (Å²) < 4.78 is 1.72. The van der Waals surface area contributed by atoms with Crippen LogP contribution in [0.15, 0.2) is 78.6 Å². The highest BCUT2D eigenvalue weighted by Gasteiger charge is 2.33. The highest BCUT2D eigenvalue weighted by atomic mass is 16.4. The molecule has 0 atom stereocenters. The van der Waals surface area contributed by atoms with Gasteiger partial charge in [-0.2, -0.15) is 0 Å². The molecule has 0 radical (unpaired) electrons. The first-order valence-electron chi connectivity index (χ1n) is 8.90. The Morgan fingerprint density at radius 3 is 2.55 bits per heavy atom. The molecule has 2 aromatic carbocycles. The van der Waals surface area contributed by atoms with Crippen molar-refractivity contribution in [3.05, 3.63) is 95.4 Å². The fourth-order valence-electron chi connectivity index (χ4n) is 3.16. The number of rotatable bonds is 5. The van der Waals surface area contributed by atoms with Crippen molar-refractivity contribution in [2.24, 2.45) is 0 Å². The lowest BCUT2D eigenvalue weighted by Crippen LogP contribution is -2.30. The smallest absolute Gasteiger partial charge is 0.329 e. The van der Waals surface area contributed by atoms with E-state index >= 15 is 0 Å². The number of hydrogen-bond acceptors (Lipinski definition) is 4. The second kappa shape index (κ2) is 7.47. The molecule has 144 valence electrons. The van der Waals surface area contributed by atoms with Crippen molar-refractivity contribution in [3.63, 3.8) is 0 Å². The van der Waals surface area contributed by atoms with Gasteiger partial charge < -0.3 is 19.8 Å². The first-order valence-corrected chi connectivity index (χ1v) is 8.90. The van der Waals surface area contributed by atoms with Gasteiger partial charge in [0.05, 0.1) is 12.5 Å². The summed E-state index contributed by atoms with van der Waals surface area (Å²) in [5.41, 5.74) is 2.27. The molecule has 0 aliphatic carbocycles. The number of aromatic nitrogens is 1. The number of nitrogens with one attached hydrogen (secondary N) is 1. The summed E-state index contributed by atoms with van der Waals surface area (Å²) >= 11 is 0. The van der Waals surface area contributed by atoms with Gasteiger partial charge in [0.1, 0.15) is 5.70 Å². The summed E-state index contributed by atoms with van der Waals surface area (Å²) in [5.74, 6) is -1.69. The van der Waals surface area contributed by atoms with Gasteiger partial charge in [-0.3, -0.25) is 9.69 Å². The fraction of sp³-hybridized carbons (Fsp3) is 0.0455. The number of urea groups is 1. The summed E-state index contributed by atoms with van der Waals surface area (Å²) in [6.07, 6.45) is 3.31. The number of imide groups is 1. The van der Waals surface area contributed by atoms with Crippen molar-refractivity contribution in [2.75, 3.05) is 0 Å². The number of carbonyl (C=O) groups is 3. The van der Waals surface area contributed by atoms with Gasteiger partial charge in [0, 0.05) is 17.6 Å². The van der Waals surface area contributed by atoms with Crippen LogP contribution in [0.2, 0.25) is 0 Å². The Kier molecular flexibility index (Phi) is 4.70. The summed E-state index contributed by atoms with van der Waals surface area (Å²) in [6, 6.07) is 18.6. The lowest BCUT2D eigenvalue weighted by Gasteiger charge is -2.11. The average Bonchev–Trinajstić information content (AvgIpc) is 3.29. The quantitative estimate of drug-likeness (QED) is 0.536. The predicted molar refractivity (Wildman–Crippen MR) is 104 cm³/mol. The van der Waals surface area contributed by atoms with E-state index < -0.39 is 17.9 Å². The van der Waals surface area contributed by atoms with Crippen molar-refractivity contribution in [1.29, 1.82) is 0 Å². The molecule has 0 unspecified atom stereocenters. The van der Waals surface area contributed by atoms with Gasteiger partial charge in [0.25, 0.3) is 5.91 Å². The van der Waals surface area contributed by atoms with Crippen molar-refractivity contribution in [2.45, 2.75) is 6.54 Å². The van der Waals surface area contributed by atoms with Crippen LogP contribution in [0.1, 0.15) is 21.6 Å². The van der Waals surface area contributed by atoms with Gasteiger partial charge in [-0.05, 0) is 41.5 Å². The molecule has 3 amide bonds. The maximum absolute atomic E-state index is 12.7. The van der Waals surface area contributed by atoms with Crippen LogP contribution in [0.4, 0.5) is 4.79 Å². The molecule has 1 aliphatic rings. The summed E-state index contributed by atoms with van der Waals surface area (Å²) in [6.45, 7) is 0.178. The Bertz CT molecular complexity index is 1130. The maximum atomic E-state index is 12.7. The van der Waals surface area contributed by atoms with E-state index in [4.69, 9.17) is 0 Å². The van der Waals surface area contributed by atoms with E-state index in [2.05, 4.69) is 5.32 Å². The normalized spacial score (nSPS) is 15.0. The molecule has 0 spiro atoms. The zero-order valence-electron chi connectivity index (χ0n) is 15.2. The highest BCUT2D eigenvalue weighted by molar-refractivity contribution is 6.13. The molecule has 0 bridgehead atoms. The monoisotopic (exact) mass is 386 g/mol. The minimum atomic E-state index is -1.27. The Hall–Kier alpha value is -4.13. The third-order valence-corrected chi connectivity index (χ3v) is 4.58. The van der Waals surface area contributed by atoms with E-state index in [1.807, 2.05) is 30.3 Å². The Balaban J connectivity index is 1.62. The topological polar surface area (TPSA) is 94.5 Å². The van der Waals surface area contributed by atoms with Crippen LogP contribution >= 0.6 is 0 Å². The Labute approximate surface area is 166 Å². The van der Waals surface area contributed by atoms with Crippen LogP contribution in [0.25, 0.3) is 11.8 Å². The minimum Gasteiger partial charge on any atom is -0.545 e. The number of carbonyl (C=O) groups excluding carboxylic acids is 3. The van der Waals surface area contributed by atoms with Crippen molar-refractivity contribution >= 4 is 24.0 Å². The van der Waals surface area contributed by atoms with E-state index in [0.29, 0.717) is 11.4 Å². The second-order valence-corrected chi connectivity index (χ2v) is 6.51. The molecule has 7 heteroatoms. The molecular weight excluding hydrogens is 370 g/mol. The van der Waals surface area contributed by atoms with Crippen LogP contribution in [-0.2, 0) is 11.3 Å². The largest absolute Gasteiger partial charge is 0.545 e. The summed E-state index contributed by atoms with van der Waals surface area (Å²) in [4.78, 5) is 37.3. The van der Waals surface area contributed by atoms with Crippen LogP contribution < -0.4 is 10.4 Å². The molecule has 2 heterocycles. The van der Waals surface area contributed by atoms with Crippen LogP contribution in [0.5, 0.6) is 0 Å². The number of benzene rings is 2. The number of amides is 3.